The third kappa shape index (κ3) is 7.98. The molecule has 0 aromatic rings. The first-order valence-electron chi connectivity index (χ1n) is 9.64. The summed E-state index contributed by atoms with van der Waals surface area (Å²) >= 11 is 0. The van der Waals surface area contributed by atoms with Crippen LogP contribution in [0.15, 0.2) is 11.8 Å². The summed E-state index contributed by atoms with van der Waals surface area (Å²) in [7, 11) is 0. The largest absolute Gasteiger partial charge is 0.458 e. The Kier molecular flexibility index (Phi) is 10.4. The molecule has 0 spiro atoms. The molecule has 1 rings (SSSR count). The van der Waals surface area contributed by atoms with E-state index < -0.39 is 0 Å². The monoisotopic (exact) mass is 338 g/mol. The van der Waals surface area contributed by atoms with E-state index in [0.717, 1.165) is 24.8 Å². The maximum absolute atomic E-state index is 11.5. The number of hydrogen-bond acceptors (Lipinski definition) is 4. The predicted molar refractivity (Wildman–Crippen MR) is 95.4 cm³/mol. The molecule has 2 unspecified atom stereocenters. The highest BCUT2D eigenvalue weighted by atomic mass is 16.6. The Hall–Kier alpha value is -1.32. The minimum atomic E-state index is -0.321. The maximum Gasteiger partial charge on any atom is 0.317 e. The van der Waals surface area contributed by atoms with Crippen molar-refractivity contribution in [1.82, 2.24) is 0 Å². The van der Waals surface area contributed by atoms with Crippen molar-refractivity contribution < 1.29 is 19.1 Å². The number of esters is 2. The molecule has 0 fully saturated rings. The second kappa shape index (κ2) is 12.1. The molecule has 0 aromatic heterocycles. The average Bonchev–Trinajstić information content (AvgIpc) is 2.87. The molecule has 1 aliphatic heterocycles. The molecule has 0 saturated carbocycles. The lowest BCUT2D eigenvalue weighted by Gasteiger charge is -2.19. The zero-order valence-corrected chi connectivity index (χ0v) is 15.6. The van der Waals surface area contributed by atoms with Crippen LogP contribution in [-0.2, 0) is 19.1 Å². The predicted octanol–water partition coefficient (Wildman–Crippen LogP) is 5.31. The quantitative estimate of drug-likeness (QED) is 0.337. The zero-order valence-electron chi connectivity index (χ0n) is 15.6. The number of carbonyl (C=O) groups excluding carboxylic acids is 2. The van der Waals surface area contributed by atoms with Crippen LogP contribution in [0.5, 0.6) is 0 Å². The van der Waals surface area contributed by atoms with Crippen LogP contribution in [-0.4, -0.2) is 18.0 Å². The molecule has 4 nitrogen and oxygen atoms in total. The molecule has 4 heteroatoms. The standard InChI is InChI=1S/C20H34O4/c1-4-5-6-7-8-9-10-11-12-13-14-19(24-17(3)21)18-15-23-20(22)16(18)2/h15-16,19H,4-14H2,1-3H3. The SMILES string of the molecule is CCCCCCCCCCCCC(OC(C)=O)C1=COC(=O)C1C. The summed E-state index contributed by atoms with van der Waals surface area (Å²) in [5.74, 6) is -0.873. The number of cyclic esters (lactones) is 1. The highest BCUT2D eigenvalue weighted by Gasteiger charge is 2.32. The molecular formula is C20H34O4. The Morgan fingerprint density at radius 2 is 1.62 bits per heavy atom. The van der Waals surface area contributed by atoms with Gasteiger partial charge in [-0.1, -0.05) is 64.7 Å². The van der Waals surface area contributed by atoms with Crippen molar-refractivity contribution in [3.63, 3.8) is 0 Å². The summed E-state index contributed by atoms with van der Waals surface area (Å²) in [6.07, 6.45) is 14.6. The van der Waals surface area contributed by atoms with Crippen LogP contribution in [0.2, 0.25) is 0 Å². The molecule has 0 bridgehead atoms. The van der Waals surface area contributed by atoms with Crippen LogP contribution in [0.1, 0.15) is 91.4 Å². The van der Waals surface area contributed by atoms with Gasteiger partial charge in [0.05, 0.1) is 12.2 Å². The molecule has 2 atom stereocenters. The Morgan fingerprint density at radius 3 is 2.08 bits per heavy atom. The maximum atomic E-state index is 11.5. The van der Waals surface area contributed by atoms with Crippen molar-refractivity contribution in [2.24, 2.45) is 5.92 Å². The van der Waals surface area contributed by atoms with Crippen LogP contribution < -0.4 is 0 Å². The van der Waals surface area contributed by atoms with Crippen LogP contribution in [0.3, 0.4) is 0 Å². The van der Waals surface area contributed by atoms with Gasteiger partial charge in [0.2, 0.25) is 0 Å². The van der Waals surface area contributed by atoms with Gasteiger partial charge in [-0.3, -0.25) is 9.59 Å². The van der Waals surface area contributed by atoms with Gasteiger partial charge in [0.1, 0.15) is 6.10 Å². The summed E-state index contributed by atoms with van der Waals surface area (Å²) in [5.41, 5.74) is 0.797. The van der Waals surface area contributed by atoms with E-state index >= 15 is 0 Å². The molecule has 0 aromatic carbocycles. The Labute approximate surface area is 147 Å². The van der Waals surface area contributed by atoms with Crippen LogP contribution >= 0.6 is 0 Å². The van der Waals surface area contributed by atoms with E-state index in [4.69, 9.17) is 9.47 Å². The number of hydrogen-bond donors (Lipinski definition) is 0. The average molecular weight is 338 g/mol. The summed E-state index contributed by atoms with van der Waals surface area (Å²) in [4.78, 5) is 22.8. The van der Waals surface area contributed by atoms with Crippen molar-refractivity contribution in [2.75, 3.05) is 0 Å². The molecule has 24 heavy (non-hydrogen) atoms. The molecule has 0 saturated heterocycles. The van der Waals surface area contributed by atoms with Gasteiger partial charge in [-0.15, -0.1) is 0 Å². The molecule has 138 valence electrons. The molecule has 0 radical (unpaired) electrons. The smallest absolute Gasteiger partial charge is 0.317 e. The number of rotatable bonds is 13. The van der Waals surface area contributed by atoms with Gasteiger partial charge >= 0.3 is 11.9 Å². The molecule has 0 N–H and O–H groups in total. The second-order valence-corrected chi connectivity index (χ2v) is 6.85. The molecular weight excluding hydrogens is 304 g/mol. The summed E-state index contributed by atoms with van der Waals surface area (Å²) in [6, 6.07) is 0. The fourth-order valence-corrected chi connectivity index (χ4v) is 3.13. The lowest BCUT2D eigenvalue weighted by atomic mass is 9.94. The van der Waals surface area contributed by atoms with Crippen molar-refractivity contribution in [3.05, 3.63) is 11.8 Å². The fraction of sp³-hybridized carbons (Fsp3) is 0.800. The third-order valence-corrected chi connectivity index (χ3v) is 4.66. The van der Waals surface area contributed by atoms with Crippen LogP contribution in [0.4, 0.5) is 0 Å². The topological polar surface area (TPSA) is 52.6 Å². The summed E-state index contributed by atoms with van der Waals surface area (Å²) in [6.45, 7) is 5.46. The van der Waals surface area contributed by atoms with Gasteiger partial charge in [0.15, 0.2) is 0 Å². The lowest BCUT2D eigenvalue weighted by molar-refractivity contribution is -0.146. The van der Waals surface area contributed by atoms with Crippen LogP contribution in [0.25, 0.3) is 0 Å². The lowest BCUT2D eigenvalue weighted by Crippen LogP contribution is -2.23. The molecule has 0 amide bonds. The first-order chi connectivity index (χ1) is 11.6. The number of unbranched alkanes of at least 4 members (excludes halogenated alkanes) is 9. The highest BCUT2D eigenvalue weighted by molar-refractivity contribution is 5.79. The van der Waals surface area contributed by atoms with E-state index in [-0.39, 0.29) is 24.0 Å². The Bertz CT molecular complexity index is 414. The summed E-state index contributed by atoms with van der Waals surface area (Å²) in [5, 5.41) is 0. The summed E-state index contributed by atoms with van der Waals surface area (Å²) < 4.78 is 10.3. The molecule has 1 heterocycles. The van der Waals surface area contributed by atoms with Gasteiger partial charge in [-0.25, -0.2) is 0 Å². The number of ether oxygens (including phenoxy) is 2. The van der Waals surface area contributed by atoms with Gasteiger partial charge in [-0.2, -0.15) is 0 Å². The van der Waals surface area contributed by atoms with Crippen LogP contribution in [0, 0.1) is 5.92 Å². The Morgan fingerprint density at radius 1 is 1.08 bits per heavy atom. The van der Waals surface area contributed by atoms with Gasteiger partial charge in [0, 0.05) is 12.5 Å². The molecule has 0 aliphatic carbocycles. The van der Waals surface area contributed by atoms with Crippen molar-refractivity contribution >= 4 is 11.9 Å². The third-order valence-electron chi connectivity index (χ3n) is 4.66. The van der Waals surface area contributed by atoms with E-state index in [1.165, 1.54) is 64.6 Å². The first-order valence-corrected chi connectivity index (χ1v) is 9.64. The van der Waals surface area contributed by atoms with Gasteiger partial charge in [0.25, 0.3) is 0 Å². The van der Waals surface area contributed by atoms with E-state index in [1.54, 1.807) is 6.92 Å². The van der Waals surface area contributed by atoms with Crippen molar-refractivity contribution in [1.29, 1.82) is 0 Å². The highest BCUT2D eigenvalue weighted by Crippen LogP contribution is 2.28. The Balaban J connectivity index is 2.17. The molecule has 1 aliphatic rings. The minimum absolute atomic E-state index is 0.259. The van der Waals surface area contributed by atoms with E-state index in [1.807, 2.05) is 0 Å². The second-order valence-electron chi connectivity index (χ2n) is 6.85. The van der Waals surface area contributed by atoms with E-state index in [0.29, 0.717) is 0 Å². The number of carbonyl (C=O) groups is 2. The van der Waals surface area contributed by atoms with E-state index in [2.05, 4.69) is 6.92 Å². The fourth-order valence-electron chi connectivity index (χ4n) is 3.13. The van der Waals surface area contributed by atoms with Gasteiger partial charge < -0.3 is 9.47 Å². The zero-order chi connectivity index (χ0) is 17.8. The van der Waals surface area contributed by atoms with Gasteiger partial charge in [-0.05, 0) is 19.8 Å². The van der Waals surface area contributed by atoms with Crippen molar-refractivity contribution in [2.45, 2.75) is 97.5 Å². The normalized spacial score (nSPS) is 18.2. The first kappa shape index (κ1) is 20.7. The van der Waals surface area contributed by atoms with Crippen molar-refractivity contribution in [3.8, 4) is 0 Å². The minimum Gasteiger partial charge on any atom is -0.458 e. The van der Waals surface area contributed by atoms with E-state index in [9.17, 15) is 9.59 Å².